The Hall–Kier alpha value is -0.790. The normalized spacial score (nSPS) is 28.1. The van der Waals surface area contributed by atoms with Crippen molar-refractivity contribution >= 4 is 5.97 Å². The van der Waals surface area contributed by atoms with Gasteiger partial charge in [-0.15, -0.1) is 0 Å². The zero-order valence-electron chi connectivity index (χ0n) is 9.87. The number of rotatable bonds is 4. The first kappa shape index (κ1) is 12.3. The largest absolute Gasteiger partial charge is 0.460 e. The molecule has 0 saturated heterocycles. The highest BCUT2D eigenvalue weighted by molar-refractivity contribution is 5.81. The summed E-state index contributed by atoms with van der Waals surface area (Å²) >= 11 is 0. The molecule has 15 heavy (non-hydrogen) atoms. The van der Waals surface area contributed by atoms with Crippen molar-refractivity contribution in [3.63, 3.8) is 0 Å². The number of hydrogen-bond donors (Lipinski definition) is 0. The molecule has 2 heteroatoms. The molecule has 0 bridgehead atoms. The lowest BCUT2D eigenvalue weighted by molar-refractivity contribution is -0.143. The monoisotopic (exact) mass is 210 g/mol. The van der Waals surface area contributed by atoms with E-state index in [2.05, 4.69) is 13.5 Å². The van der Waals surface area contributed by atoms with E-state index in [4.69, 9.17) is 4.74 Å². The fraction of sp³-hybridized carbons (Fsp3) is 0.769. The van der Waals surface area contributed by atoms with Gasteiger partial charge >= 0.3 is 5.97 Å². The third-order valence-electron chi connectivity index (χ3n) is 3.41. The van der Waals surface area contributed by atoms with Gasteiger partial charge in [-0.1, -0.05) is 39.2 Å². The van der Waals surface area contributed by atoms with Gasteiger partial charge in [-0.2, -0.15) is 0 Å². The lowest BCUT2D eigenvalue weighted by atomic mass is 9.78. The molecule has 0 aliphatic heterocycles. The molecule has 86 valence electrons. The third kappa shape index (κ3) is 4.06. The van der Waals surface area contributed by atoms with Crippen molar-refractivity contribution in [3.8, 4) is 0 Å². The molecule has 0 aromatic rings. The van der Waals surface area contributed by atoms with E-state index in [1.54, 1.807) is 0 Å². The van der Waals surface area contributed by atoms with Crippen LogP contribution < -0.4 is 0 Å². The third-order valence-corrected chi connectivity index (χ3v) is 3.41. The molecule has 1 rings (SSSR count). The molecule has 0 heterocycles. The van der Waals surface area contributed by atoms with Gasteiger partial charge in [0.1, 0.15) is 0 Å². The van der Waals surface area contributed by atoms with Crippen molar-refractivity contribution in [1.82, 2.24) is 0 Å². The minimum atomic E-state index is -0.300. The average Bonchev–Trinajstić information content (AvgIpc) is 2.21. The molecule has 0 radical (unpaired) electrons. The molecular formula is C13H22O2. The number of ether oxygens (including phenoxy) is 1. The smallest absolute Gasteiger partial charge is 0.330 e. The van der Waals surface area contributed by atoms with Crippen LogP contribution in [0.4, 0.5) is 0 Å². The minimum absolute atomic E-state index is 0.0287. The highest BCUT2D eigenvalue weighted by atomic mass is 16.5. The lowest BCUT2D eigenvalue weighted by Gasteiger charge is -2.30. The maximum atomic E-state index is 11.0. The molecule has 0 aromatic heterocycles. The van der Waals surface area contributed by atoms with Crippen LogP contribution in [0.2, 0.25) is 0 Å². The predicted molar refractivity (Wildman–Crippen MR) is 61.5 cm³/mol. The maximum absolute atomic E-state index is 11.0. The van der Waals surface area contributed by atoms with Crippen LogP contribution in [0.15, 0.2) is 12.7 Å². The van der Waals surface area contributed by atoms with Crippen LogP contribution >= 0.6 is 0 Å². The predicted octanol–water partition coefficient (Wildman–Crippen LogP) is 3.32. The Bertz CT molecular complexity index is 223. The van der Waals surface area contributed by atoms with Gasteiger partial charge in [-0.3, -0.25) is 0 Å². The molecule has 1 aliphatic carbocycles. The highest BCUT2D eigenvalue weighted by Gasteiger charge is 2.23. The molecule has 0 amide bonds. The van der Waals surface area contributed by atoms with E-state index in [9.17, 15) is 4.79 Å². The SMILES string of the molecule is C=CC(=O)OC(C)CC1CCCCC1C. The Morgan fingerprint density at radius 2 is 2.20 bits per heavy atom. The average molecular weight is 210 g/mol. The standard InChI is InChI=1S/C13H22O2/c1-4-13(14)15-11(3)9-12-8-6-5-7-10(12)2/h4,10-12H,1,5-9H2,2-3H3. The molecule has 2 nitrogen and oxygen atoms in total. The molecule has 1 saturated carbocycles. The van der Waals surface area contributed by atoms with Crippen LogP contribution in [0.25, 0.3) is 0 Å². The van der Waals surface area contributed by atoms with Crippen LogP contribution in [0.3, 0.4) is 0 Å². The molecule has 3 unspecified atom stereocenters. The second-order valence-electron chi connectivity index (χ2n) is 4.71. The van der Waals surface area contributed by atoms with E-state index in [1.807, 2.05) is 6.92 Å². The van der Waals surface area contributed by atoms with Gasteiger partial charge in [0.2, 0.25) is 0 Å². The zero-order valence-corrected chi connectivity index (χ0v) is 9.87. The first-order valence-corrected chi connectivity index (χ1v) is 5.96. The Balaban J connectivity index is 2.32. The summed E-state index contributed by atoms with van der Waals surface area (Å²) in [6, 6.07) is 0. The minimum Gasteiger partial charge on any atom is -0.460 e. The van der Waals surface area contributed by atoms with E-state index in [0.717, 1.165) is 18.3 Å². The number of hydrogen-bond acceptors (Lipinski definition) is 2. The van der Waals surface area contributed by atoms with Crippen LogP contribution in [-0.2, 0) is 9.53 Å². The Kier molecular flexibility index (Phi) is 4.86. The van der Waals surface area contributed by atoms with Gasteiger partial charge in [0.05, 0.1) is 6.10 Å². The Morgan fingerprint density at radius 1 is 1.53 bits per heavy atom. The molecule has 0 aromatic carbocycles. The van der Waals surface area contributed by atoms with Crippen molar-refractivity contribution in [2.24, 2.45) is 11.8 Å². The van der Waals surface area contributed by atoms with Gasteiger partial charge in [0.15, 0.2) is 0 Å². The van der Waals surface area contributed by atoms with Crippen LogP contribution in [0.5, 0.6) is 0 Å². The van der Waals surface area contributed by atoms with E-state index in [0.29, 0.717) is 0 Å². The topological polar surface area (TPSA) is 26.3 Å². The summed E-state index contributed by atoms with van der Waals surface area (Å²) in [5.74, 6) is 1.21. The van der Waals surface area contributed by atoms with Crippen molar-refractivity contribution in [2.75, 3.05) is 0 Å². The molecule has 0 N–H and O–H groups in total. The summed E-state index contributed by atoms with van der Waals surface area (Å²) in [5, 5.41) is 0. The number of carbonyl (C=O) groups is 1. The van der Waals surface area contributed by atoms with Crippen molar-refractivity contribution < 1.29 is 9.53 Å². The van der Waals surface area contributed by atoms with Crippen molar-refractivity contribution in [1.29, 1.82) is 0 Å². The first-order valence-electron chi connectivity index (χ1n) is 5.96. The molecule has 0 spiro atoms. The summed E-state index contributed by atoms with van der Waals surface area (Å²) in [4.78, 5) is 11.0. The van der Waals surface area contributed by atoms with Crippen molar-refractivity contribution in [2.45, 2.75) is 52.1 Å². The van der Waals surface area contributed by atoms with E-state index in [-0.39, 0.29) is 12.1 Å². The van der Waals surface area contributed by atoms with Crippen LogP contribution in [-0.4, -0.2) is 12.1 Å². The second kappa shape index (κ2) is 5.94. The summed E-state index contributed by atoms with van der Waals surface area (Å²) in [7, 11) is 0. The maximum Gasteiger partial charge on any atom is 0.330 e. The fourth-order valence-electron chi connectivity index (χ4n) is 2.46. The quantitative estimate of drug-likeness (QED) is 0.525. The summed E-state index contributed by atoms with van der Waals surface area (Å²) in [6.07, 6.45) is 7.57. The Morgan fingerprint density at radius 3 is 2.80 bits per heavy atom. The second-order valence-corrected chi connectivity index (χ2v) is 4.71. The highest BCUT2D eigenvalue weighted by Crippen LogP contribution is 2.33. The first-order chi connectivity index (χ1) is 7.13. The molecule has 3 atom stereocenters. The van der Waals surface area contributed by atoms with Crippen LogP contribution in [0.1, 0.15) is 46.0 Å². The molecule has 1 aliphatic rings. The van der Waals surface area contributed by atoms with Gasteiger partial charge in [0, 0.05) is 6.08 Å². The fourth-order valence-corrected chi connectivity index (χ4v) is 2.46. The molecular weight excluding hydrogens is 188 g/mol. The van der Waals surface area contributed by atoms with E-state index >= 15 is 0 Å². The van der Waals surface area contributed by atoms with Gasteiger partial charge < -0.3 is 4.74 Å². The van der Waals surface area contributed by atoms with Gasteiger partial charge in [-0.25, -0.2) is 4.79 Å². The Labute approximate surface area is 92.7 Å². The summed E-state index contributed by atoms with van der Waals surface area (Å²) in [5.41, 5.74) is 0. The summed E-state index contributed by atoms with van der Waals surface area (Å²) < 4.78 is 5.19. The zero-order chi connectivity index (χ0) is 11.3. The van der Waals surface area contributed by atoms with E-state index < -0.39 is 0 Å². The van der Waals surface area contributed by atoms with Crippen molar-refractivity contribution in [3.05, 3.63) is 12.7 Å². The lowest BCUT2D eigenvalue weighted by Crippen LogP contribution is -2.23. The number of carbonyl (C=O) groups excluding carboxylic acids is 1. The van der Waals surface area contributed by atoms with Gasteiger partial charge in [0.25, 0.3) is 0 Å². The number of esters is 1. The van der Waals surface area contributed by atoms with E-state index in [1.165, 1.54) is 31.8 Å². The van der Waals surface area contributed by atoms with Crippen LogP contribution in [0, 0.1) is 11.8 Å². The van der Waals surface area contributed by atoms with Gasteiger partial charge in [-0.05, 0) is 25.2 Å². The summed E-state index contributed by atoms with van der Waals surface area (Å²) in [6.45, 7) is 7.69. The molecule has 1 fully saturated rings.